The molecule has 0 aromatic carbocycles. The van der Waals surface area contributed by atoms with E-state index in [1.165, 1.54) is 7.11 Å². The quantitative estimate of drug-likeness (QED) is 0.579. The highest BCUT2D eigenvalue weighted by molar-refractivity contribution is 6.07. The van der Waals surface area contributed by atoms with Gasteiger partial charge in [0.05, 0.1) is 7.11 Å². The van der Waals surface area contributed by atoms with Gasteiger partial charge in [0.2, 0.25) is 0 Å². The summed E-state index contributed by atoms with van der Waals surface area (Å²) in [6, 6.07) is -0.592. The number of ether oxygens (including phenoxy) is 1. The number of carbonyl (C=O) groups is 3. The summed E-state index contributed by atoms with van der Waals surface area (Å²) in [7, 11) is 1.27. The van der Waals surface area contributed by atoms with Crippen molar-refractivity contribution in [1.29, 1.82) is 0 Å². The molecule has 1 aromatic heterocycles. The summed E-state index contributed by atoms with van der Waals surface area (Å²) in [5, 5.41) is 4.78. The average Bonchev–Trinajstić information content (AvgIpc) is 3.01. The van der Waals surface area contributed by atoms with E-state index in [1.54, 1.807) is 17.0 Å². The topological polar surface area (TPSA) is 102 Å². The van der Waals surface area contributed by atoms with Crippen LogP contribution < -0.4 is 10.6 Å². The lowest BCUT2D eigenvalue weighted by atomic mass is 9.92. The normalized spacial score (nSPS) is 21.5. The molecule has 1 unspecified atom stereocenters. The first kappa shape index (κ1) is 14.0. The van der Waals surface area contributed by atoms with Crippen LogP contribution in [0, 0.1) is 0 Å². The lowest BCUT2D eigenvalue weighted by Crippen LogP contribution is -2.46. The fraction of sp³-hybridized carbons (Fsp3) is 0.500. The number of carbonyl (C=O) groups excluding carboxylic acids is 3. The van der Waals surface area contributed by atoms with Gasteiger partial charge in [-0.05, 0) is 13.3 Å². The van der Waals surface area contributed by atoms with E-state index in [2.05, 4.69) is 20.4 Å². The van der Waals surface area contributed by atoms with Crippen LogP contribution in [-0.4, -0.2) is 34.6 Å². The number of imidazole rings is 1. The zero-order chi connectivity index (χ0) is 14.8. The molecule has 2 heterocycles. The van der Waals surface area contributed by atoms with Gasteiger partial charge in [-0.15, -0.1) is 0 Å². The van der Waals surface area contributed by atoms with Crippen LogP contribution in [-0.2, 0) is 26.4 Å². The molecule has 1 saturated heterocycles. The van der Waals surface area contributed by atoms with Crippen molar-refractivity contribution >= 4 is 17.9 Å². The van der Waals surface area contributed by atoms with Gasteiger partial charge >= 0.3 is 12.0 Å². The van der Waals surface area contributed by atoms with Gasteiger partial charge in [0, 0.05) is 25.4 Å². The van der Waals surface area contributed by atoms with Crippen molar-refractivity contribution < 1.29 is 19.1 Å². The highest BCUT2D eigenvalue weighted by atomic mass is 16.5. The summed E-state index contributed by atoms with van der Waals surface area (Å²) >= 11 is 0. The third-order valence-electron chi connectivity index (χ3n) is 3.31. The summed E-state index contributed by atoms with van der Waals surface area (Å²) in [5.41, 5.74) is -1.33. The van der Waals surface area contributed by atoms with Gasteiger partial charge in [-0.1, -0.05) is 0 Å². The summed E-state index contributed by atoms with van der Waals surface area (Å²) in [6.07, 6.45) is 3.36. The number of imide groups is 1. The Morgan fingerprint density at radius 1 is 1.50 bits per heavy atom. The molecule has 3 amide bonds. The van der Waals surface area contributed by atoms with Crippen molar-refractivity contribution in [2.45, 2.75) is 31.8 Å². The van der Waals surface area contributed by atoms with Crippen molar-refractivity contribution in [2.24, 2.45) is 0 Å². The largest absolute Gasteiger partial charge is 0.469 e. The van der Waals surface area contributed by atoms with Gasteiger partial charge < -0.3 is 14.6 Å². The van der Waals surface area contributed by atoms with Crippen molar-refractivity contribution in [3.8, 4) is 0 Å². The summed E-state index contributed by atoms with van der Waals surface area (Å²) < 4.78 is 6.33. The van der Waals surface area contributed by atoms with E-state index < -0.39 is 23.4 Å². The summed E-state index contributed by atoms with van der Waals surface area (Å²) in [5.74, 6) is -0.549. The van der Waals surface area contributed by atoms with Crippen LogP contribution in [0.4, 0.5) is 4.79 Å². The molecule has 1 aliphatic rings. The Labute approximate surface area is 115 Å². The number of nitrogens with zero attached hydrogens (tertiary/aromatic N) is 2. The maximum absolute atomic E-state index is 12.2. The van der Waals surface area contributed by atoms with E-state index in [0.717, 1.165) is 0 Å². The molecule has 1 atom stereocenters. The van der Waals surface area contributed by atoms with Gasteiger partial charge in [-0.25, -0.2) is 9.78 Å². The highest BCUT2D eigenvalue weighted by Crippen LogP contribution is 2.29. The van der Waals surface area contributed by atoms with Crippen LogP contribution in [0.5, 0.6) is 0 Å². The maximum atomic E-state index is 12.2. The van der Waals surface area contributed by atoms with E-state index in [1.807, 2.05) is 6.92 Å². The number of hydrogen-bond acceptors (Lipinski definition) is 5. The van der Waals surface area contributed by atoms with E-state index in [0.29, 0.717) is 12.4 Å². The fourth-order valence-corrected chi connectivity index (χ4v) is 2.27. The van der Waals surface area contributed by atoms with Crippen LogP contribution in [0.15, 0.2) is 12.4 Å². The Balaban J connectivity index is 2.37. The number of urea groups is 1. The Morgan fingerprint density at radius 2 is 2.25 bits per heavy atom. The number of hydrogen-bond donors (Lipinski definition) is 2. The molecule has 8 nitrogen and oxygen atoms in total. The molecule has 0 radical (unpaired) electrons. The molecule has 8 heteroatoms. The van der Waals surface area contributed by atoms with Gasteiger partial charge in [0.1, 0.15) is 5.82 Å². The Kier molecular flexibility index (Phi) is 3.73. The zero-order valence-corrected chi connectivity index (χ0v) is 11.3. The van der Waals surface area contributed by atoms with Crippen LogP contribution in [0.3, 0.4) is 0 Å². The second kappa shape index (κ2) is 5.32. The van der Waals surface area contributed by atoms with E-state index in [4.69, 9.17) is 0 Å². The number of aryl methyl sites for hydroxylation is 1. The SMILES string of the molecule is CCn1ccnc1C1(CCC(=O)OC)NC(=O)NC1=O. The predicted molar refractivity (Wildman–Crippen MR) is 67.5 cm³/mol. The maximum Gasteiger partial charge on any atom is 0.322 e. The standard InChI is InChI=1S/C12H16N4O4/c1-3-16-7-6-13-9(16)12(5-4-8(17)20-2)10(18)14-11(19)15-12/h6-7H,3-5H2,1-2H3,(H2,14,15,18,19). The zero-order valence-electron chi connectivity index (χ0n) is 11.3. The van der Waals surface area contributed by atoms with Crippen molar-refractivity contribution in [3.05, 3.63) is 18.2 Å². The smallest absolute Gasteiger partial charge is 0.322 e. The van der Waals surface area contributed by atoms with Crippen LogP contribution in [0.25, 0.3) is 0 Å². The van der Waals surface area contributed by atoms with Gasteiger partial charge in [-0.3, -0.25) is 14.9 Å². The van der Waals surface area contributed by atoms with Crippen molar-refractivity contribution in [1.82, 2.24) is 20.2 Å². The molecule has 1 aliphatic heterocycles. The van der Waals surface area contributed by atoms with Crippen molar-refractivity contribution in [3.63, 3.8) is 0 Å². The first-order chi connectivity index (χ1) is 9.53. The minimum Gasteiger partial charge on any atom is -0.469 e. The van der Waals surface area contributed by atoms with Crippen LogP contribution >= 0.6 is 0 Å². The molecular weight excluding hydrogens is 264 g/mol. The first-order valence-corrected chi connectivity index (χ1v) is 6.25. The molecule has 1 fully saturated rings. The van der Waals surface area contributed by atoms with Gasteiger partial charge in [-0.2, -0.15) is 0 Å². The minimum atomic E-state index is -1.33. The van der Waals surface area contributed by atoms with Gasteiger partial charge in [0.25, 0.3) is 5.91 Å². The Hall–Kier alpha value is -2.38. The second-order valence-corrected chi connectivity index (χ2v) is 4.43. The monoisotopic (exact) mass is 280 g/mol. The third kappa shape index (κ3) is 2.24. The summed E-state index contributed by atoms with van der Waals surface area (Å²) in [6.45, 7) is 2.49. The van der Waals surface area contributed by atoms with Crippen molar-refractivity contribution in [2.75, 3.05) is 7.11 Å². The lowest BCUT2D eigenvalue weighted by Gasteiger charge is -2.25. The van der Waals surface area contributed by atoms with E-state index >= 15 is 0 Å². The van der Waals surface area contributed by atoms with E-state index in [9.17, 15) is 14.4 Å². The number of esters is 1. The molecular formula is C12H16N4O4. The number of rotatable bonds is 5. The first-order valence-electron chi connectivity index (χ1n) is 6.25. The number of nitrogens with one attached hydrogen (secondary N) is 2. The summed E-state index contributed by atoms with van der Waals surface area (Å²) in [4.78, 5) is 39.2. The molecule has 0 bridgehead atoms. The molecule has 2 N–H and O–H groups in total. The molecule has 1 aromatic rings. The van der Waals surface area contributed by atoms with Crippen LogP contribution in [0.2, 0.25) is 0 Å². The molecule has 0 aliphatic carbocycles. The molecule has 108 valence electrons. The van der Waals surface area contributed by atoms with Crippen LogP contribution in [0.1, 0.15) is 25.6 Å². The van der Waals surface area contributed by atoms with Gasteiger partial charge in [0.15, 0.2) is 5.54 Å². The Bertz CT molecular complexity index is 553. The number of amides is 3. The fourth-order valence-electron chi connectivity index (χ4n) is 2.27. The number of aromatic nitrogens is 2. The molecule has 20 heavy (non-hydrogen) atoms. The third-order valence-corrected chi connectivity index (χ3v) is 3.31. The molecule has 0 spiro atoms. The average molecular weight is 280 g/mol. The molecule has 2 rings (SSSR count). The second-order valence-electron chi connectivity index (χ2n) is 4.43. The van der Waals surface area contributed by atoms with E-state index in [-0.39, 0.29) is 12.8 Å². The lowest BCUT2D eigenvalue weighted by molar-refractivity contribution is -0.141. The number of methoxy groups -OCH3 is 1. The Morgan fingerprint density at radius 3 is 2.80 bits per heavy atom. The highest BCUT2D eigenvalue weighted by Gasteiger charge is 2.50. The molecule has 0 saturated carbocycles. The predicted octanol–water partition coefficient (Wildman–Crippen LogP) is -0.109. The minimum absolute atomic E-state index is 0.000768.